The van der Waals surface area contributed by atoms with Crippen LogP contribution < -0.4 is 24.8 Å². The maximum absolute atomic E-state index is 13.3. The molecule has 2 heterocycles. The fraction of sp³-hybridized carbons (Fsp3) is 0.367. The molecular formula is C30H35N5O6S. The monoisotopic (exact) mass is 593 g/mol. The van der Waals surface area contributed by atoms with Crippen LogP contribution in [0.15, 0.2) is 67.3 Å². The van der Waals surface area contributed by atoms with Crippen molar-refractivity contribution in [3.8, 4) is 22.8 Å². The van der Waals surface area contributed by atoms with Gasteiger partial charge in [-0.05, 0) is 18.6 Å². The van der Waals surface area contributed by atoms with Gasteiger partial charge in [0.25, 0.3) is 5.91 Å². The number of carbonyl (C=O) groups is 2. The Kier molecular flexibility index (Phi) is 8.22. The molecule has 12 heteroatoms. The van der Waals surface area contributed by atoms with E-state index in [4.69, 9.17) is 14.5 Å². The van der Waals surface area contributed by atoms with Gasteiger partial charge in [-0.2, -0.15) is 12.7 Å². The molecule has 1 aromatic heterocycles. The van der Waals surface area contributed by atoms with Crippen molar-refractivity contribution in [3.05, 3.63) is 67.3 Å². The van der Waals surface area contributed by atoms with Gasteiger partial charge in [0, 0.05) is 55.6 Å². The van der Waals surface area contributed by atoms with E-state index >= 15 is 0 Å². The first-order chi connectivity index (χ1) is 20.1. The summed E-state index contributed by atoms with van der Waals surface area (Å²) in [5, 5.41) is 6.79. The van der Waals surface area contributed by atoms with Crippen molar-refractivity contribution >= 4 is 32.9 Å². The Balaban J connectivity index is 1.31. The van der Waals surface area contributed by atoms with Gasteiger partial charge in [0.2, 0.25) is 5.91 Å². The molecule has 3 aromatic rings. The Labute approximate surface area is 245 Å². The molecule has 1 aliphatic heterocycles. The van der Waals surface area contributed by atoms with Gasteiger partial charge in [-0.1, -0.05) is 43.3 Å². The van der Waals surface area contributed by atoms with Crippen molar-refractivity contribution in [2.24, 2.45) is 5.92 Å². The summed E-state index contributed by atoms with van der Waals surface area (Å²) < 4.78 is 39.9. The number of carbonyl (C=O) groups excluding carboxylic acids is 2. The number of benzene rings is 2. The van der Waals surface area contributed by atoms with Crippen LogP contribution in [0, 0.1) is 5.92 Å². The lowest BCUT2D eigenvalue weighted by molar-refractivity contribution is -0.130. The maximum atomic E-state index is 13.3. The Morgan fingerprint density at radius 2 is 1.98 bits per heavy atom. The summed E-state index contributed by atoms with van der Waals surface area (Å²) in [7, 11) is -1.06. The van der Waals surface area contributed by atoms with E-state index in [-0.39, 0.29) is 25.0 Å². The van der Waals surface area contributed by atoms with Crippen LogP contribution in [0.1, 0.15) is 19.8 Å². The van der Waals surface area contributed by atoms with Crippen molar-refractivity contribution in [1.29, 1.82) is 0 Å². The molecule has 0 bridgehead atoms. The highest BCUT2D eigenvalue weighted by Gasteiger charge is 2.61. The topological polar surface area (TPSA) is 139 Å². The first-order valence-electron chi connectivity index (χ1n) is 13.8. The number of nitrogens with zero attached hydrogens (tertiary/aromatic N) is 2. The summed E-state index contributed by atoms with van der Waals surface area (Å²) in [6.45, 7) is 5.98. The SMILES string of the molecule is C=CC1C[C@]1(NC(=O)[C@@H]1C[C@@H](Oc2cc(-c3ccccc3)nc3cc(OC)ccc23)CN1)C(=O)NS(=O)(=O)N(C)CC. The zero-order valence-corrected chi connectivity index (χ0v) is 24.6. The van der Waals surface area contributed by atoms with Gasteiger partial charge < -0.3 is 20.1 Å². The van der Waals surface area contributed by atoms with Crippen LogP contribution in [-0.4, -0.2) is 74.5 Å². The second kappa shape index (κ2) is 11.7. The van der Waals surface area contributed by atoms with Crippen molar-refractivity contribution in [2.45, 2.75) is 37.5 Å². The predicted molar refractivity (Wildman–Crippen MR) is 159 cm³/mol. The summed E-state index contributed by atoms with van der Waals surface area (Å²) in [5.74, 6) is -0.261. The van der Waals surface area contributed by atoms with E-state index in [1.807, 2.05) is 54.6 Å². The molecule has 1 unspecified atom stereocenters. The van der Waals surface area contributed by atoms with Crippen LogP contribution in [0.25, 0.3) is 22.2 Å². The van der Waals surface area contributed by atoms with E-state index < -0.39 is 33.6 Å². The van der Waals surface area contributed by atoms with Gasteiger partial charge in [-0.25, -0.2) is 9.71 Å². The molecule has 2 fully saturated rings. The third kappa shape index (κ3) is 5.83. The lowest BCUT2D eigenvalue weighted by atomic mass is 10.1. The second-order valence-electron chi connectivity index (χ2n) is 10.5. The van der Waals surface area contributed by atoms with Gasteiger partial charge in [0.05, 0.1) is 24.4 Å². The number of aromatic nitrogens is 1. The molecule has 2 amide bonds. The third-order valence-corrected chi connectivity index (χ3v) is 9.40. The van der Waals surface area contributed by atoms with Crippen molar-refractivity contribution in [3.63, 3.8) is 0 Å². The van der Waals surface area contributed by atoms with E-state index in [0.29, 0.717) is 30.0 Å². The molecule has 1 saturated heterocycles. The molecule has 1 saturated carbocycles. The zero-order chi connectivity index (χ0) is 30.1. The van der Waals surface area contributed by atoms with E-state index in [0.717, 1.165) is 20.9 Å². The molecule has 2 aliphatic rings. The van der Waals surface area contributed by atoms with Crippen LogP contribution in [0.3, 0.4) is 0 Å². The van der Waals surface area contributed by atoms with Crippen LogP contribution in [-0.2, 0) is 19.8 Å². The number of fused-ring (bicyclic) bond motifs is 1. The average molecular weight is 594 g/mol. The van der Waals surface area contributed by atoms with Gasteiger partial charge in [-0.3, -0.25) is 9.59 Å². The normalized spacial score (nSPS) is 23.4. The number of amides is 2. The Hall–Kier alpha value is -4.00. The number of rotatable bonds is 11. The van der Waals surface area contributed by atoms with Crippen molar-refractivity contribution < 1.29 is 27.5 Å². The molecular weight excluding hydrogens is 558 g/mol. The number of hydrogen-bond acceptors (Lipinski definition) is 8. The minimum Gasteiger partial charge on any atom is -0.497 e. The largest absolute Gasteiger partial charge is 0.497 e. The van der Waals surface area contributed by atoms with Crippen LogP contribution >= 0.6 is 0 Å². The highest BCUT2D eigenvalue weighted by Crippen LogP contribution is 2.45. The maximum Gasteiger partial charge on any atom is 0.303 e. The van der Waals surface area contributed by atoms with Crippen LogP contribution in [0.2, 0.25) is 0 Å². The number of ether oxygens (including phenoxy) is 2. The number of pyridine rings is 1. The third-order valence-electron chi connectivity index (χ3n) is 7.88. The zero-order valence-electron chi connectivity index (χ0n) is 23.8. The molecule has 42 heavy (non-hydrogen) atoms. The predicted octanol–water partition coefficient (Wildman–Crippen LogP) is 2.39. The van der Waals surface area contributed by atoms with E-state index in [1.54, 1.807) is 20.1 Å². The van der Waals surface area contributed by atoms with Gasteiger partial charge in [0.15, 0.2) is 0 Å². The van der Waals surface area contributed by atoms with Crippen molar-refractivity contribution in [1.82, 2.24) is 24.6 Å². The number of hydrogen-bond donors (Lipinski definition) is 3. The number of methoxy groups -OCH3 is 1. The Morgan fingerprint density at radius 3 is 2.64 bits per heavy atom. The molecule has 222 valence electrons. The van der Waals surface area contributed by atoms with Crippen LogP contribution in [0.4, 0.5) is 0 Å². The standard InChI is InChI=1S/C30H35N5O6S/c1-5-20-17-30(20,29(37)34-42(38,39)35(3)6-2)33-28(36)26-15-22(18-31-26)41-27-16-24(19-10-8-7-9-11-19)32-25-14-21(40-4)12-13-23(25)27/h5,7-14,16,20,22,26,31H,1,6,15,17-18H2,2-4H3,(H,33,36)(H,34,37)/t20?,22-,26+,30-/m1/s1. The fourth-order valence-corrected chi connectivity index (χ4v) is 6.04. The molecule has 1 aliphatic carbocycles. The average Bonchev–Trinajstić information content (AvgIpc) is 3.52. The van der Waals surface area contributed by atoms with Gasteiger partial charge >= 0.3 is 10.2 Å². The number of nitrogens with one attached hydrogen (secondary N) is 3. The Bertz CT molecular complexity index is 1620. The van der Waals surface area contributed by atoms with E-state index in [2.05, 4.69) is 21.9 Å². The summed E-state index contributed by atoms with van der Waals surface area (Å²) in [6.07, 6.45) is 1.83. The molecule has 11 nitrogen and oxygen atoms in total. The lowest BCUT2D eigenvalue weighted by Gasteiger charge is -2.23. The van der Waals surface area contributed by atoms with Crippen LogP contribution in [0.5, 0.6) is 11.5 Å². The molecule has 2 aromatic carbocycles. The molecule has 0 radical (unpaired) electrons. The van der Waals surface area contributed by atoms with Gasteiger partial charge in [-0.15, -0.1) is 6.58 Å². The molecule has 3 N–H and O–H groups in total. The summed E-state index contributed by atoms with van der Waals surface area (Å²) in [4.78, 5) is 31.2. The van der Waals surface area contributed by atoms with Crippen molar-refractivity contribution in [2.75, 3.05) is 27.2 Å². The Morgan fingerprint density at radius 1 is 1.21 bits per heavy atom. The smallest absolute Gasteiger partial charge is 0.303 e. The quantitative estimate of drug-likeness (QED) is 0.288. The van der Waals surface area contributed by atoms with E-state index in [1.165, 1.54) is 7.05 Å². The minimum absolute atomic E-state index is 0.188. The second-order valence-corrected chi connectivity index (χ2v) is 12.3. The molecule has 4 atom stereocenters. The summed E-state index contributed by atoms with van der Waals surface area (Å²) in [6, 6.07) is 16.6. The molecule has 0 spiro atoms. The first-order valence-corrected chi connectivity index (χ1v) is 15.2. The summed E-state index contributed by atoms with van der Waals surface area (Å²) in [5.41, 5.74) is 1.02. The highest BCUT2D eigenvalue weighted by molar-refractivity contribution is 7.87. The molecule has 5 rings (SSSR count). The first kappa shape index (κ1) is 29.5. The fourth-order valence-electron chi connectivity index (χ4n) is 5.13. The highest BCUT2D eigenvalue weighted by atomic mass is 32.2. The van der Waals surface area contributed by atoms with Gasteiger partial charge in [0.1, 0.15) is 23.1 Å². The summed E-state index contributed by atoms with van der Waals surface area (Å²) >= 11 is 0. The lowest BCUT2D eigenvalue weighted by Crippen LogP contribution is -2.56. The minimum atomic E-state index is -4.03. The van der Waals surface area contributed by atoms with E-state index in [9.17, 15) is 18.0 Å².